The normalized spacial score (nSPS) is 16.5. The van der Waals surface area contributed by atoms with Crippen LogP contribution < -0.4 is 9.47 Å². The van der Waals surface area contributed by atoms with Gasteiger partial charge in [-0.15, -0.1) is 0 Å². The molecule has 158 valence electrons. The van der Waals surface area contributed by atoms with Crippen molar-refractivity contribution in [2.24, 2.45) is 4.99 Å². The zero-order valence-electron chi connectivity index (χ0n) is 17.0. The van der Waals surface area contributed by atoms with Gasteiger partial charge in [0.1, 0.15) is 5.75 Å². The van der Waals surface area contributed by atoms with Crippen LogP contribution in [0, 0.1) is 0 Å². The Morgan fingerprint density at radius 3 is 2.60 bits per heavy atom. The summed E-state index contributed by atoms with van der Waals surface area (Å²) in [6, 6.07) is 10.7. The van der Waals surface area contributed by atoms with Gasteiger partial charge in [-0.3, -0.25) is 9.69 Å². The number of amides is 1. The number of phenols is 1. The largest absolute Gasteiger partial charge is 0.503 e. The minimum Gasteiger partial charge on any atom is -0.503 e. The Morgan fingerprint density at radius 2 is 1.97 bits per heavy atom. The summed E-state index contributed by atoms with van der Waals surface area (Å²) in [4.78, 5) is 19.8. The molecule has 8 heteroatoms. The van der Waals surface area contributed by atoms with E-state index >= 15 is 0 Å². The highest BCUT2D eigenvalue weighted by molar-refractivity contribution is 8.18. The molecule has 1 saturated heterocycles. The van der Waals surface area contributed by atoms with Crippen molar-refractivity contribution in [2.75, 3.05) is 20.3 Å². The van der Waals surface area contributed by atoms with E-state index in [2.05, 4.69) is 4.99 Å². The molecule has 0 bridgehead atoms. The summed E-state index contributed by atoms with van der Waals surface area (Å²) in [6.07, 6.45) is 2.53. The minimum atomic E-state index is -0.128. The van der Waals surface area contributed by atoms with Gasteiger partial charge in [-0.1, -0.05) is 18.5 Å². The maximum Gasteiger partial charge on any atom is 0.266 e. The van der Waals surface area contributed by atoms with Crippen LogP contribution >= 0.6 is 23.4 Å². The zero-order chi connectivity index (χ0) is 21.7. The summed E-state index contributed by atoms with van der Waals surface area (Å²) in [5, 5.41) is 10.7. The number of phenolic OH excluding ortho intramolecular Hbond substituents is 1. The predicted molar refractivity (Wildman–Crippen MR) is 122 cm³/mol. The number of nitrogens with zero attached hydrogens (tertiary/aromatic N) is 2. The molecule has 0 atom stereocenters. The van der Waals surface area contributed by atoms with Crippen LogP contribution in [-0.2, 0) is 4.79 Å². The average Bonchev–Trinajstić information content (AvgIpc) is 3.01. The molecule has 1 amide bonds. The van der Waals surface area contributed by atoms with Crippen LogP contribution in [0.25, 0.3) is 6.08 Å². The van der Waals surface area contributed by atoms with Gasteiger partial charge < -0.3 is 14.6 Å². The van der Waals surface area contributed by atoms with Crippen LogP contribution in [0.15, 0.2) is 46.3 Å². The average molecular weight is 447 g/mol. The second-order valence-electron chi connectivity index (χ2n) is 6.44. The molecule has 1 heterocycles. The monoisotopic (exact) mass is 446 g/mol. The van der Waals surface area contributed by atoms with E-state index in [-0.39, 0.29) is 22.4 Å². The third-order valence-electron chi connectivity index (χ3n) is 4.28. The lowest BCUT2D eigenvalue weighted by Crippen LogP contribution is -2.29. The molecule has 30 heavy (non-hydrogen) atoms. The smallest absolute Gasteiger partial charge is 0.266 e. The molecule has 1 aliphatic heterocycles. The Bertz CT molecular complexity index is 989. The van der Waals surface area contributed by atoms with Crippen LogP contribution in [0.3, 0.4) is 0 Å². The van der Waals surface area contributed by atoms with Crippen molar-refractivity contribution < 1.29 is 19.4 Å². The molecular weight excluding hydrogens is 424 g/mol. The quantitative estimate of drug-likeness (QED) is 0.571. The first-order valence-corrected chi connectivity index (χ1v) is 10.8. The number of carbonyl (C=O) groups is 1. The molecule has 1 aliphatic rings. The highest BCUT2D eigenvalue weighted by Gasteiger charge is 2.32. The summed E-state index contributed by atoms with van der Waals surface area (Å²) in [7, 11) is 1.45. The lowest BCUT2D eigenvalue weighted by molar-refractivity contribution is -0.122. The summed E-state index contributed by atoms with van der Waals surface area (Å²) in [6.45, 7) is 5.11. The van der Waals surface area contributed by atoms with Crippen molar-refractivity contribution in [2.45, 2.75) is 20.3 Å². The maximum absolute atomic E-state index is 13.0. The standard InChI is InChI=1S/C22H23ClN2O4S/c1-4-10-25-21(27)19(13-14-11-17(23)20(26)18(12-14)28-3)30-22(25)24-15-6-8-16(9-7-15)29-5-2/h6-9,11-13,26H,4-5,10H2,1-3H3. The van der Waals surface area contributed by atoms with Gasteiger partial charge >= 0.3 is 0 Å². The lowest BCUT2D eigenvalue weighted by Gasteiger charge is -2.14. The van der Waals surface area contributed by atoms with Crippen LogP contribution in [-0.4, -0.2) is 41.3 Å². The Labute approximate surface area is 185 Å². The Kier molecular flexibility index (Phi) is 7.29. The fraction of sp³-hybridized carbons (Fsp3) is 0.273. The number of hydrogen-bond acceptors (Lipinski definition) is 6. The number of amidine groups is 1. The van der Waals surface area contributed by atoms with Crippen LogP contribution in [0.4, 0.5) is 5.69 Å². The van der Waals surface area contributed by atoms with Crippen LogP contribution in [0.5, 0.6) is 17.2 Å². The van der Waals surface area contributed by atoms with E-state index in [9.17, 15) is 9.90 Å². The molecule has 1 fully saturated rings. The summed E-state index contributed by atoms with van der Waals surface area (Å²) in [5.41, 5.74) is 1.40. The van der Waals surface area contributed by atoms with Gasteiger partial charge in [0.05, 0.1) is 29.3 Å². The van der Waals surface area contributed by atoms with E-state index in [1.54, 1.807) is 23.1 Å². The van der Waals surface area contributed by atoms with Crippen molar-refractivity contribution in [1.29, 1.82) is 0 Å². The van der Waals surface area contributed by atoms with Gasteiger partial charge in [-0.25, -0.2) is 4.99 Å². The second kappa shape index (κ2) is 9.91. The number of halogens is 1. The number of thioether (sulfide) groups is 1. The topological polar surface area (TPSA) is 71.4 Å². The van der Waals surface area contributed by atoms with Crippen molar-refractivity contribution in [3.8, 4) is 17.2 Å². The van der Waals surface area contributed by atoms with Gasteiger partial charge in [0.15, 0.2) is 16.7 Å². The van der Waals surface area contributed by atoms with E-state index in [0.29, 0.717) is 28.8 Å². The third-order valence-corrected chi connectivity index (χ3v) is 5.57. The highest BCUT2D eigenvalue weighted by Crippen LogP contribution is 2.38. The summed E-state index contributed by atoms with van der Waals surface area (Å²) >= 11 is 7.38. The van der Waals surface area contributed by atoms with Crippen molar-refractivity contribution in [3.05, 3.63) is 51.9 Å². The fourth-order valence-corrected chi connectivity index (χ4v) is 4.13. The number of rotatable bonds is 7. The first kappa shape index (κ1) is 22.1. The summed E-state index contributed by atoms with van der Waals surface area (Å²) < 4.78 is 10.6. The maximum atomic E-state index is 13.0. The zero-order valence-corrected chi connectivity index (χ0v) is 18.6. The molecule has 0 saturated carbocycles. The molecule has 3 rings (SSSR count). The van der Waals surface area contributed by atoms with E-state index in [4.69, 9.17) is 21.1 Å². The number of methoxy groups -OCH3 is 1. The van der Waals surface area contributed by atoms with Crippen molar-refractivity contribution >= 4 is 46.2 Å². The molecular formula is C22H23ClN2O4S. The van der Waals surface area contributed by atoms with E-state index in [1.807, 2.05) is 38.1 Å². The highest BCUT2D eigenvalue weighted by atomic mass is 35.5. The SMILES string of the molecule is CCCN1C(=O)C(=Cc2cc(Cl)c(O)c(OC)c2)SC1=Nc1ccc(OCC)cc1. The number of aliphatic imine (C=N–C) groups is 1. The molecule has 2 aromatic carbocycles. The molecule has 2 aromatic rings. The fourth-order valence-electron chi connectivity index (χ4n) is 2.89. The summed E-state index contributed by atoms with van der Waals surface area (Å²) in [5.74, 6) is 0.783. The third kappa shape index (κ3) is 4.91. The molecule has 0 aromatic heterocycles. The van der Waals surface area contributed by atoms with Gasteiger partial charge in [0.25, 0.3) is 5.91 Å². The van der Waals surface area contributed by atoms with E-state index in [0.717, 1.165) is 17.9 Å². The van der Waals surface area contributed by atoms with E-state index < -0.39 is 0 Å². The molecule has 6 nitrogen and oxygen atoms in total. The van der Waals surface area contributed by atoms with Gasteiger partial charge in [0, 0.05) is 6.54 Å². The predicted octanol–water partition coefficient (Wildman–Crippen LogP) is 5.47. The Balaban J connectivity index is 1.92. The van der Waals surface area contributed by atoms with E-state index in [1.165, 1.54) is 18.9 Å². The van der Waals surface area contributed by atoms with Gasteiger partial charge in [0.2, 0.25) is 0 Å². The molecule has 0 aliphatic carbocycles. The van der Waals surface area contributed by atoms with Crippen LogP contribution in [0.2, 0.25) is 5.02 Å². The second-order valence-corrected chi connectivity index (χ2v) is 7.86. The molecule has 0 unspecified atom stereocenters. The van der Waals surface area contributed by atoms with Crippen LogP contribution in [0.1, 0.15) is 25.8 Å². The van der Waals surface area contributed by atoms with Gasteiger partial charge in [-0.2, -0.15) is 0 Å². The van der Waals surface area contributed by atoms with Crippen molar-refractivity contribution in [1.82, 2.24) is 4.90 Å². The lowest BCUT2D eigenvalue weighted by atomic mass is 10.2. The number of ether oxygens (including phenoxy) is 2. The molecule has 1 N–H and O–H groups in total. The number of carbonyl (C=O) groups excluding carboxylic acids is 1. The minimum absolute atomic E-state index is 0.116. The number of benzene rings is 2. The van der Waals surface area contributed by atoms with Gasteiger partial charge in [-0.05, 0) is 73.1 Å². The molecule has 0 spiro atoms. The number of hydrogen-bond donors (Lipinski definition) is 1. The first-order chi connectivity index (χ1) is 14.5. The number of aromatic hydroxyl groups is 1. The Morgan fingerprint density at radius 1 is 1.23 bits per heavy atom. The van der Waals surface area contributed by atoms with Crippen molar-refractivity contribution in [3.63, 3.8) is 0 Å². The Hall–Kier alpha value is -2.64. The molecule has 0 radical (unpaired) electrons. The first-order valence-electron chi connectivity index (χ1n) is 9.56.